The first-order chi connectivity index (χ1) is 14.7. The van der Waals surface area contributed by atoms with E-state index in [-0.39, 0.29) is 0 Å². The first kappa shape index (κ1) is 18.4. The van der Waals surface area contributed by atoms with Crippen LogP contribution in [0.2, 0.25) is 0 Å². The van der Waals surface area contributed by atoms with Crippen molar-refractivity contribution in [3.63, 3.8) is 0 Å². The lowest BCUT2D eigenvalue weighted by Gasteiger charge is -2.05. The molecule has 0 atom stereocenters. The Kier molecular flexibility index (Phi) is 4.68. The van der Waals surface area contributed by atoms with Crippen molar-refractivity contribution in [3.05, 3.63) is 108 Å². The van der Waals surface area contributed by atoms with Crippen LogP contribution in [0.4, 0.5) is 0 Å². The molecule has 4 heteroatoms. The van der Waals surface area contributed by atoms with Crippen LogP contribution < -0.4 is 8.80 Å². The van der Waals surface area contributed by atoms with Crippen LogP contribution in [0, 0.1) is 13.8 Å². The molecule has 0 unspecified atom stereocenters. The number of aryl methyl sites for hydroxylation is 4. The molecule has 5 rings (SSSR count). The Balaban J connectivity index is 1.43. The maximum atomic E-state index is 4.52. The third-order valence-corrected chi connectivity index (χ3v) is 5.54. The summed E-state index contributed by atoms with van der Waals surface area (Å²) in [4.78, 5) is 8.99. The molecular formula is C26H24N4+2. The molecule has 0 aromatic carbocycles. The van der Waals surface area contributed by atoms with Crippen molar-refractivity contribution in [2.45, 2.75) is 26.7 Å². The molecule has 0 aliphatic carbocycles. The fraction of sp³-hybridized carbons (Fsp3) is 0.154. The predicted octanol–water partition coefficient (Wildman–Crippen LogP) is 4.02. The first-order valence-corrected chi connectivity index (χ1v) is 10.3. The van der Waals surface area contributed by atoms with Crippen LogP contribution in [0.25, 0.3) is 22.4 Å². The van der Waals surface area contributed by atoms with E-state index in [1.807, 2.05) is 18.5 Å². The van der Waals surface area contributed by atoms with Gasteiger partial charge in [-0.3, -0.25) is 9.97 Å². The van der Waals surface area contributed by atoms with E-state index in [2.05, 4.69) is 99.9 Å². The molecule has 0 aliphatic heterocycles. The third kappa shape index (κ3) is 3.64. The molecule has 0 N–H and O–H groups in total. The lowest BCUT2D eigenvalue weighted by molar-refractivity contribution is -0.564. The summed E-state index contributed by atoms with van der Waals surface area (Å²) in [5, 5.41) is 0. The molecule has 146 valence electrons. The number of aromatic nitrogens is 4. The van der Waals surface area contributed by atoms with Crippen LogP contribution in [-0.4, -0.2) is 9.97 Å². The predicted molar refractivity (Wildman–Crippen MR) is 117 cm³/mol. The van der Waals surface area contributed by atoms with E-state index in [4.69, 9.17) is 0 Å². The van der Waals surface area contributed by atoms with Gasteiger partial charge in [-0.25, -0.2) is 0 Å². The van der Waals surface area contributed by atoms with Gasteiger partial charge in [0.25, 0.3) is 11.0 Å². The number of hydrogen-bond acceptors (Lipinski definition) is 2. The summed E-state index contributed by atoms with van der Waals surface area (Å²) in [5.41, 5.74) is 9.37. The maximum absolute atomic E-state index is 4.52. The van der Waals surface area contributed by atoms with Gasteiger partial charge in [-0.15, -0.1) is 0 Å². The van der Waals surface area contributed by atoms with Gasteiger partial charge in [0.2, 0.25) is 12.4 Å². The minimum atomic E-state index is 0.929. The Hall–Kier alpha value is -3.66. The topological polar surface area (TPSA) is 34.0 Å². The summed E-state index contributed by atoms with van der Waals surface area (Å²) in [6.45, 7) is 4.22. The smallest absolute Gasteiger partial charge is 0.255 e. The number of pyridine rings is 4. The molecule has 4 nitrogen and oxygen atoms in total. The second kappa shape index (κ2) is 7.64. The molecule has 0 radical (unpaired) electrons. The summed E-state index contributed by atoms with van der Waals surface area (Å²) in [6.07, 6.45) is 14.2. The fourth-order valence-electron chi connectivity index (χ4n) is 3.88. The molecule has 0 saturated carbocycles. The molecule has 5 aromatic rings. The number of nitrogens with zero attached hydrogens (tertiary/aromatic N) is 4. The Morgan fingerprint density at radius 3 is 1.97 bits per heavy atom. The van der Waals surface area contributed by atoms with Crippen molar-refractivity contribution in [2.24, 2.45) is 0 Å². The summed E-state index contributed by atoms with van der Waals surface area (Å²) >= 11 is 0. The standard InChI is InChI=1S/C26H24N4/c1-19-5-9-27-23(15-19)24-17-21(6-10-28-24)3-4-22-8-12-30-14-13-29-11-7-20(2)16-25(29)26(30)18-22/h5-18H,3-4H2,1-2H3/q+2. The van der Waals surface area contributed by atoms with E-state index in [9.17, 15) is 0 Å². The maximum Gasteiger partial charge on any atom is 0.283 e. The first-order valence-electron chi connectivity index (χ1n) is 10.3. The summed E-state index contributed by atoms with van der Waals surface area (Å²) in [5.74, 6) is 0. The SMILES string of the molecule is Cc1ccnc(-c2cc(CCc3cc[n+]4cc[n+]5ccc(C)cc5c4c3)ccn2)c1. The quantitative estimate of drug-likeness (QED) is 0.342. The van der Waals surface area contributed by atoms with Gasteiger partial charge in [0.05, 0.1) is 11.4 Å². The van der Waals surface area contributed by atoms with E-state index >= 15 is 0 Å². The van der Waals surface area contributed by atoms with Gasteiger partial charge >= 0.3 is 0 Å². The lowest BCUT2D eigenvalue weighted by atomic mass is 10.0. The summed E-state index contributed by atoms with van der Waals surface area (Å²) in [7, 11) is 0. The number of hydrogen-bond donors (Lipinski definition) is 0. The highest BCUT2D eigenvalue weighted by Gasteiger charge is 2.15. The highest BCUT2D eigenvalue weighted by atomic mass is 14.9. The lowest BCUT2D eigenvalue weighted by Crippen LogP contribution is -2.31. The minimum Gasteiger partial charge on any atom is -0.255 e. The van der Waals surface area contributed by atoms with Crippen molar-refractivity contribution < 1.29 is 8.80 Å². The molecule has 5 heterocycles. The van der Waals surface area contributed by atoms with Crippen LogP contribution in [-0.2, 0) is 12.8 Å². The summed E-state index contributed by atoms with van der Waals surface area (Å²) in [6, 6.07) is 17.2. The van der Waals surface area contributed by atoms with E-state index in [1.54, 1.807) is 0 Å². The molecule has 0 bridgehead atoms. The Labute approximate surface area is 176 Å². The Bertz CT molecular complexity index is 1370. The zero-order chi connectivity index (χ0) is 20.5. The van der Waals surface area contributed by atoms with Gasteiger partial charge in [-0.1, -0.05) is 0 Å². The van der Waals surface area contributed by atoms with Crippen molar-refractivity contribution in [1.29, 1.82) is 0 Å². The van der Waals surface area contributed by atoms with E-state index in [0.717, 1.165) is 24.2 Å². The van der Waals surface area contributed by atoms with Crippen LogP contribution in [0.5, 0.6) is 0 Å². The van der Waals surface area contributed by atoms with Gasteiger partial charge in [0.1, 0.15) is 0 Å². The third-order valence-electron chi connectivity index (χ3n) is 5.54. The van der Waals surface area contributed by atoms with Crippen LogP contribution in [0.1, 0.15) is 22.3 Å². The van der Waals surface area contributed by atoms with Gasteiger partial charge in [-0.2, -0.15) is 8.80 Å². The molecule has 0 aliphatic rings. The van der Waals surface area contributed by atoms with Crippen molar-refractivity contribution in [3.8, 4) is 11.4 Å². The molecule has 5 aromatic heterocycles. The monoisotopic (exact) mass is 392 g/mol. The number of rotatable bonds is 4. The minimum absolute atomic E-state index is 0.929. The molecular weight excluding hydrogens is 368 g/mol. The van der Waals surface area contributed by atoms with Crippen LogP contribution >= 0.6 is 0 Å². The fourth-order valence-corrected chi connectivity index (χ4v) is 3.88. The average molecular weight is 393 g/mol. The van der Waals surface area contributed by atoms with E-state index in [0.29, 0.717) is 0 Å². The molecule has 0 fully saturated rings. The molecule has 0 saturated heterocycles. The van der Waals surface area contributed by atoms with E-state index in [1.165, 1.54) is 33.3 Å². The van der Waals surface area contributed by atoms with Crippen LogP contribution in [0.3, 0.4) is 0 Å². The summed E-state index contributed by atoms with van der Waals surface area (Å²) < 4.78 is 4.36. The largest absolute Gasteiger partial charge is 0.283 e. The second-order valence-electron chi connectivity index (χ2n) is 7.89. The van der Waals surface area contributed by atoms with E-state index < -0.39 is 0 Å². The van der Waals surface area contributed by atoms with Gasteiger partial charge in [-0.05, 0) is 73.2 Å². The average Bonchev–Trinajstić information content (AvgIpc) is 2.78. The normalized spacial score (nSPS) is 11.3. The van der Waals surface area contributed by atoms with Gasteiger partial charge in [0.15, 0.2) is 12.4 Å². The molecule has 0 amide bonds. The van der Waals surface area contributed by atoms with Crippen molar-refractivity contribution in [2.75, 3.05) is 0 Å². The molecule has 0 spiro atoms. The van der Waals surface area contributed by atoms with Crippen LogP contribution in [0.15, 0.2) is 85.7 Å². The number of fused-ring (bicyclic) bond motifs is 3. The highest BCUT2D eigenvalue weighted by molar-refractivity contribution is 5.67. The van der Waals surface area contributed by atoms with Gasteiger partial charge in [0, 0.05) is 36.7 Å². The highest BCUT2D eigenvalue weighted by Crippen LogP contribution is 2.18. The van der Waals surface area contributed by atoms with Crippen molar-refractivity contribution >= 4 is 11.0 Å². The zero-order valence-electron chi connectivity index (χ0n) is 17.3. The zero-order valence-corrected chi connectivity index (χ0v) is 17.3. The Morgan fingerprint density at radius 2 is 1.20 bits per heavy atom. The van der Waals surface area contributed by atoms with Crippen molar-refractivity contribution in [1.82, 2.24) is 9.97 Å². The van der Waals surface area contributed by atoms with Gasteiger partial charge < -0.3 is 0 Å². The second-order valence-corrected chi connectivity index (χ2v) is 7.89. The Morgan fingerprint density at radius 1 is 0.600 bits per heavy atom. The molecule has 30 heavy (non-hydrogen) atoms.